The molecule has 0 saturated heterocycles. The molecule has 0 atom stereocenters. The molecule has 1 amide bonds. The predicted molar refractivity (Wildman–Crippen MR) is 64.1 cm³/mol. The number of unbranched alkanes of at least 4 members (excludes halogenated alkanes) is 1. The van der Waals surface area contributed by atoms with Crippen molar-refractivity contribution in [2.24, 2.45) is 5.73 Å². The van der Waals surface area contributed by atoms with E-state index < -0.39 is 0 Å². The molecule has 0 aliphatic carbocycles. The molecular formula is C12H22N2O2. The van der Waals surface area contributed by atoms with Gasteiger partial charge >= 0.3 is 0 Å². The van der Waals surface area contributed by atoms with E-state index in [2.05, 4.69) is 6.08 Å². The average Bonchev–Trinajstić information content (AvgIpc) is 2.30. The molecule has 16 heavy (non-hydrogen) atoms. The van der Waals surface area contributed by atoms with Crippen LogP contribution in [-0.2, 0) is 9.53 Å². The maximum atomic E-state index is 11.8. The van der Waals surface area contributed by atoms with Crippen molar-refractivity contribution in [2.75, 3.05) is 33.4 Å². The number of rotatable bonds is 6. The molecule has 92 valence electrons. The number of carbonyl (C=O) groups excluding carboxylic acids is 1. The van der Waals surface area contributed by atoms with Crippen LogP contribution >= 0.6 is 0 Å². The summed E-state index contributed by atoms with van der Waals surface area (Å²) in [7, 11) is 1.70. The van der Waals surface area contributed by atoms with Crippen molar-refractivity contribution in [1.29, 1.82) is 0 Å². The molecule has 0 saturated carbocycles. The van der Waals surface area contributed by atoms with E-state index in [1.165, 1.54) is 5.57 Å². The second-order valence-electron chi connectivity index (χ2n) is 4.13. The van der Waals surface area contributed by atoms with E-state index in [9.17, 15) is 4.79 Å². The first-order valence-electron chi connectivity index (χ1n) is 5.92. The van der Waals surface area contributed by atoms with E-state index in [-0.39, 0.29) is 5.91 Å². The van der Waals surface area contributed by atoms with Crippen molar-refractivity contribution >= 4 is 5.91 Å². The monoisotopic (exact) mass is 226 g/mol. The number of methoxy groups -OCH3 is 1. The van der Waals surface area contributed by atoms with Crippen LogP contribution in [0.1, 0.15) is 25.7 Å². The Bertz CT molecular complexity index is 251. The Kier molecular flexibility index (Phi) is 6.11. The van der Waals surface area contributed by atoms with Crippen molar-refractivity contribution in [3.63, 3.8) is 0 Å². The highest BCUT2D eigenvalue weighted by Crippen LogP contribution is 2.12. The molecule has 1 rings (SSSR count). The number of amides is 1. The van der Waals surface area contributed by atoms with Gasteiger partial charge in [-0.3, -0.25) is 4.79 Å². The highest BCUT2D eigenvalue weighted by Gasteiger charge is 2.16. The van der Waals surface area contributed by atoms with Gasteiger partial charge in [-0.25, -0.2) is 0 Å². The molecule has 4 heteroatoms. The van der Waals surface area contributed by atoms with E-state index >= 15 is 0 Å². The van der Waals surface area contributed by atoms with Gasteiger partial charge in [0.05, 0.1) is 6.61 Å². The number of hydrogen-bond acceptors (Lipinski definition) is 3. The lowest BCUT2D eigenvalue weighted by Crippen LogP contribution is -2.35. The molecule has 2 N–H and O–H groups in total. The maximum Gasteiger partial charge on any atom is 0.222 e. The van der Waals surface area contributed by atoms with Crippen molar-refractivity contribution in [1.82, 2.24) is 4.90 Å². The zero-order chi connectivity index (χ0) is 11.8. The van der Waals surface area contributed by atoms with Crippen LogP contribution in [0.25, 0.3) is 0 Å². The summed E-state index contributed by atoms with van der Waals surface area (Å²) in [5.41, 5.74) is 6.70. The summed E-state index contributed by atoms with van der Waals surface area (Å²) in [6.07, 6.45) is 5.51. The van der Waals surface area contributed by atoms with Crippen molar-refractivity contribution < 1.29 is 9.53 Å². The molecule has 0 spiro atoms. The predicted octanol–water partition coefficient (Wildman–Crippen LogP) is 0.921. The van der Waals surface area contributed by atoms with Gasteiger partial charge in [-0.05, 0) is 31.4 Å². The fourth-order valence-electron chi connectivity index (χ4n) is 1.83. The lowest BCUT2D eigenvalue weighted by molar-refractivity contribution is -0.131. The van der Waals surface area contributed by atoms with Crippen molar-refractivity contribution in [3.8, 4) is 0 Å². The Morgan fingerprint density at radius 3 is 2.94 bits per heavy atom. The number of hydrogen-bond donors (Lipinski definition) is 1. The van der Waals surface area contributed by atoms with E-state index in [0.717, 1.165) is 32.4 Å². The Balaban J connectivity index is 2.27. The second-order valence-corrected chi connectivity index (χ2v) is 4.13. The Labute approximate surface area is 97.4 Å². The van der Waals surface area contributed by atoms with Gasteiger partial charge in [-0.15, -0.1) is 0 Å². The molecular weight excluding hydrogens is 204 g/mol. The van der Waals surface area contributed by atoms with E-state index in [0.29, 0.717) is 19.6 Å². The first kappa shape index (κ1) is 13.2. The third-order valence-electron chi connectivity index (χ3n) is 2.83. The minimum Gasteiger partial charge on any atom is -0.380 e. The van der Waals surface area contributed by atoms with Gasteiger partial charge in [0, 0.05) is 26.6 Å². The summed E-state index contributed by atoms with van der Waals surface area (Å²) in [6.45, 7) is 2.93. The van der Waals surface area contributed by atoms with Gasteiger partial charge < -0.3 is 15.4 Å². The molecule has 1 aliphatic rings. The fourth-order valence-corrected chi connectivity index (χ4v) is 1.83. The molecule has 0 unspecified atom stereocenters. The zero-order valence-corrected chi connectivity index (χ0v) is 10.1. The van der Waals surface area contributed by atoms with Crippen LogP contribution in [0, 0.1) is 0 Å². The summed E-state index contributed by atoms with van der Waals surface area (Å²) in [5, 5.41) is 0. The minimum atomic E-state index is 0.251. The highest BCUT2D eigenvalue weighted by molar-refractivity contribution is 5.76. The third kappa shape index (κ3) is 4.33. The summed E-state index contributed by atoms with van der Waals surface area (Å²) in [6, 6.07) is 0. The molecule has 0 fully saturated rings. The van der Waals surface area contributed by atoms with Crippen LogP contribution in [0.4, 0.5) is 0 Å². The van der Waals surface area contributed by atoms with Crippen LogP contribution < -0.4 is 5.73 Å². The number of nitrogens with zero attached hydrogens (tertiary/aromatic N) is 1. The SMILES string of the molecule is COCC1=CCN(C(=O)CCCCN)CC1. The van der Waals surface area contributed by atoms with Gasteiger partial charge in [-0.1, -0.05) is 6.08 Å². The lowest BCUT2D eigenvalue weighted by atomic mass is 10.1. The molecule has 0 radical (unpaired) electrons. The van der Waals surface area contributed by atoms with Gasteiger partial charge in [0.25, 0.3) is 0 Å². The number of nitrogens with two attached hydrogens (primary N) is 1. The molecule has 0 bridgehead atoms. The second kappa shape index (κ2) is 7.41. The zero-order valence-electron chi connectivity index (χ0n) is 10.1. The highest BCUT2D eigenvalue weighted by atomic mass is 16.5. The molecule has 0 aromatic rings. The first-order valence-corrected chi connectivity index (χ1v) is 5.92. The number of carbonyl (C=O) groups is 1. The normalized spacial score (nSPS) is 16.1. The molecule has 0 aromatic carbocycles. The summed E-state index contributed by atoms with van der Waals surface area (Å²) in [5.74, 6) is 0.251. The van der Waals surface area contributed by atoms with Gasteiger partial charge in [0.2, 0.25) is 5.91 Å². The lowest BCUT2D eigenvalue weighted by Gasteiger charge is -2.26. The fraction of sp³-hybridized carbons (Fsp3) is 0.750. The topological polar surface area (TPSA) is 55.6 Å². The van der Waals surface area contributed by atoms with Crippen LogP contribution in [0.2, 0.25) is 0 Å². The standard InChI is InChI=1S/C12H22N2O2/c1-16-10-11-5-8-14(9-6-11)12(15)4-2-3-7-13/h5H,2-4,6-10,13H2,1H3. The number of ether oxygens (including phenoxy) is 1. The summed E-state index contributed by atoms with van der Waals surface area (Å²) < 4.78 is 5.07. The van der Waals surface area contributed by atoms with Gasteiger partial charge in [0.15, 0.2) is 0 Å². The Hall–Kier alpha value is -0.870. The smallest absolute Gasteiger partial charge is 0.222 e. The molecule has 1 heterocycles. The van der Waals surface area contributed by atoms with Gasteiger partial charge in [-0.2, -0.15) is 0 Å². The average molecular weight is 226 g/mol. The van der Waals surface area contributed by atoms with Crippen LogP contribution in [0.5, 0.6) is 0 Å². The van der Waals surface area contributed by atoms with Crippen LogP contribution in [0.3, 0.4) is 0 Å². The quantitative estimate of drug-likeness (QED) is 0.541. The van der Waals surface area contributed by atoms with Crippen LogP contribution in [0.15, 0.2) is 11.6 Å². The summed E-state index contributed by atoms with van der Waals surface area (Å²) in [4.78, 5) is 13.7. The van der Waals surface area contributed by atoms with E-state index in [4.69, 9.17) is 10.5 Å². The van der Waals surface area contributed by atoms with E-state index in [1.54, 1.807) is 7.11 Å². The third-order valence-corrected chi connectivity index (χ3v) is 2.83. The Morgan fingerprint density at radius 1 is 1.56 bits per heavy atom. The molecule has 1 aliphatic heterocycles. The first-order chi connectivity index (χ1) is 7.77. The minimum absolute atomic E-state index is 0.251. The van der Waals surface area contributed by atoms with E-state index in [1.807, 2.05) is 4.90 Å². The maximum absolute atomic E-state index is 11.8. The largest absolute Gasteiger partial charge is 0.380 e. The van der Waals surface area contributed by atoms with Gasteiger partial charge in [0.1, 0.15) is 0 Å². The summed E-state index contributed by atoms with van der Waals surface area (Å²) >= 11 is 0. The molecule has 0 aromatic heterocycles. The Morgan fingerprint density at radius 2 is 2.38 bits per heavy atom. The van der Waals surface area contributed by atoms with Crippen molar-refractivity contribution in [3.05, 3.63) is 11.6 Å². The molecule has 4 nitrogen and oxygen atoms in total. The van der Waals surface area contributed by atoms with Crippen LogP contribution in [-0.4, -0.2) is 44.2 Å². The van der Waals surface area contributed by atoms with Crippen molar-refractivity contribution in [2.45, 2.75) is 25.7 Å².